The lowest BCUT2D eigenvalue weighted by Crippen LogP contribution is -2.31. The number of rotatable bonds is 3. The van der Waals surface area contributed by atoms with Gasteiger partial charge in [0.2, 0.25) is 0 Å². The lowest BCUT2D eigenvalue weighted by atomic mass is 10.1. The van der Waals surface area contributed by atoms with Crippen LogP contribution in [0.4, 0.5) is 5.69 Å². The van der Waals surface area contributed by atoms with E-state index < -0.39 is 29.5 Å². The van der Waals surface area contributed by atoms with Crippen LogP contribution in [0.2, 0.25) is 0 Å². The molecule has 0 saturated carbocycles. The molecule has 3 rings (SSSR count). The van der Waals surface area contributed by atoms with E-state index in [2.05, 4.69) is 0 Å². The van der Waals surface area contributed by atoms with Gasteiger partial charge >= 0.3 is 0 Å². The van der Waals surface area contributed by atoms with E-state index in [0.29, 0.717) is 17.3 Å². The van der Waals surface area contributed by atoms with Crippen molar-refractivity contribution in [3.63, 3.8) is 0 Å². The Morgan fingerprint density at radius 3 is 2.71 bits per heavy atom. The number of hydrogen-bond acceptors (Lipinski definition) is 5. The summed E-state index contributed by atoms with van der Waals surface area (Å²) >= 11 is 0. The maximum Gasteiger partial charge on any atom is 0.270 e. The van der Waals surface area contributed by atoms with Crippen molar-refractivity contribution in [3.05, 3.63) is 40.6 Å². The van der Waals surface area contributed by atoms with E-state index in [9.17, 15) is 20.3 Å². The second kappa shape index (κ2) is 5.10. The molecule has 1 unspecified atom stereocenters. The highest BCUT2D eigenvalue weighted by molar-refractivity contribution is 5.82. The minimum absolute atomic E-state index is 0.0135. The number of benzene rings is 1. The van der Waals surface area contributed by atoms with Gasteiger partial charge in [-0.3, -0.25) is 10.1 Å². The summed E-state index contributed by atoms with van der Waals surface area (Å²) in [5, 5.41) is 31.5. The lowest BCUT2D eigenvalue weighted by Gasteiger charge is -2.17. The Labute approximate surface area is 120 Å². The molecule has 1 fully saturated rings. The number of aromatic nitrogens is 1. The summed E-state index contributed by atoms with van der Waals surface area (Å²) in [6, 6.07) is 6.23. The molecule has 2 N–H and O–H groups in total. The van der Waals surface area contributed by atoms with Gasteiger partial charge in [-0.1, -0.05) is 6.92 Å². The minimum Gasteiger partial charge on any atom is -0.388 e. The zero-order chi connectivity index (χ0) is 15.1. The smallest absolute Gasteiger partial charge is 0.270 e. The van der Waals surface area contributed by atoms with Gasteiger partial charge in [0.05, 0.1) is 16.5 Å². The Morgan fingerprint density at radius 2 is 2.10 bits per heavy atom. The fraction of sp³-hybridized carbons (Fsp3) is 0.429. The zero-order valence-corrected chi connectivity index (χ0v) is 11.4. The van der Waals surface area contributed by atoms with Crippen LogP contribution in [0.25, 0.3) is 10.9 Å². The van der Waals surface area contributed by atoms with Crippen LogP contribution in [0.3, 0.4) is 0 Å². The third-order valence-corrected chi connectivity index (χ3v) is 3.93. The fourth-order valence-corrected chi connectivity index (χ4v) is 2.78. The molecule has 1 aliphatic rings. The van der Waals surface area contributed by atoms with Crippen molar-refractivity contribution < 1.29 is 19.9 Å². The summed E-state index contributed by atoms with van der Waals surface area (Å²) in [7, 11) is 0. The Morgan fingerprint density at radius 1 is 1.33 bits per heavy atom. The van der Waals surface area contributed by atoms with Crippen molar-refractivity contribution in [2.24, 2.45) is 0 Å². The van der Waals surface area contributed by atoms with Gasteiger partial charge in [-0.2, -0.15) is 0 Å². The first-order valence-electron chi connectivity index (χ1n) is 6.79. The molecule has 7 heteroatoms. The molecule has 2 aromatic rings. The zero-order valence-electron chi connectivity index (χ0n) is 11.4. The minimum atomic E-state index is -1.03. The molecule has 1 aromatic carbocycles. The van der Waals surface area contributed by atoms with Gasteiger partial charge in [0, 0.05) is 23.7 Å². The second-order valence-corrected chi connectivity index (χ2v) is 5.18. The van der Waals surface area contributed by atoms with E-state index in [-0.39, 0.29) is 5.69 Å². The van der Waals surface area contributed by atoms with Crippen LogP contribution in [0.5, 0.6) is 0 Å². The van der Waals surface area contributed by atoms with Crippen molar-refractivity contribution in [1.29, 1.82) is 0 Å². The average molecular weight is 292 g/mol. The number of aliphatic hydroxyl groups excluding tert-OH is 2. The predicted molar refractivity (Wildman–Crippen MR) is 74.8 cm³/mol. The van der Waals surface area contributed by atoms with Crippen molar-refractivity contribution in [2.45, 2.75) is 37.9 Å². The summed E-state index contributed by atoms with van der Waals surface area (Å²) in [5.41, 5.74) is 0.730. The monoisotopic (exact) mass is 292 g/mol. The Kier molecular flexibility index (Phi) is 3.40. The molecule has 0 aliphatic carbocycles. The summed E-state index contributed by atoms with van der Waals surface area (Å²) in [5.74, 6) is 0. The first kappa shape index (κ1) is 14.0. The van der Waals surface area contributed by atoms with E-state index in [1.165, 1.54) is 12.1 Å². The van der Waals surface area contributed by atoms with Crippen LogP contribution in [0.15, 0.2) is 30.5 Å². The highest BCUT2D eigenvalue weighted by Gasteiger charge is 2.42. The Balaban J connectivity index is 2.00. The number of aliphatic hydroxyl groups is 2. The standard InChI is InChI=1S/C14H16N2O5/c1-2-11-12(17)13(18)14(21-11)15-6-5-8-7-9(16(19)20)3-4-10(8)15/h3-7,11-14,17-18H,2H2,1H3/t11-,12?,13+,14-/m1/s1. The molecule has 0 radical (unpaired) electrons. The lowest BCUT2D eigenvalue weighted by molar-refractivity contribution is -0.384. The van der Waals surface area contributed by atoms with Crippen LogP contribution in [-0.4, -0.2) is 38.0 Å². The molecule has 1 saturated heterocycles. The van der Waals surface area contributed by atoms with Crippen molar-refractivity contribution in [2.75, 3.05) is 0 Å². The molecule has 21 heavy (non-hydrogen) atoms. The molecule has 112 valence electrons. The SMILES string of the molecule is CC[C@H]1O[C@@H](n2ccc3cc([N+](=O)[O-])ccc32)[C@@H](O)C1O. The highest BCUT2D eigenvalue weighted by Crippen LogP contribution is 2.34. The molecule has 2 heterocycles. The highest BCUT2D eigenvalue weighted by atomic mass is 16.6. The van der Waals surface area contributed by atoms with Gasteiger partial charge in [-0.25, -0.2) is 0 Å². The van der Waals surface area contributed by atoms with E-state index in [4.69, 9.17) is 4.74 Å². The number of hydrogen-bond donors (Lipinski definition) is 2. The van der Waals surface area contributed by atoms with E-state index in [1.54, 1.807) is 22.9 Å². The molecular weight excluding hydrogens is 276 g/mol. The molecule has 7 nitrogen and oxygen atoms in total. The Bertz CT molecular complexity index is 683. The van der Waals surface area contributed by atoms with Crippen LogP contribution in [-0.2, 0) is 4.74 Å². The fourth-order valence-electron chi connectivity index (χ4n) is 2.78. The van der Waals surface area contributed by atoms with E-state index in [1.807, 2.05) is 6.92 Å². The third kappa shape index (κ3) is 2.19. The number of nitrogens with zero attached hydrogens (tertiary/aromatic N) is 2. The molecule has 0 bridgehead atoms. The average Bonchev–Trinajstić information content (AvgIpc) is 3.01. The maximum absolute atomic E-state index is 10.8. The van der Waals surface area contributed by atoms with Gasteiger partial charge in [-0.05, 0) is 18.6 Å². The summed E-state index contributed by atoms with van der Waals surface area (Å²) in [4.78, 5) is 10.3. The quantitative estimate of drug-likeness (QED) is 0.661. The van der Waals surface area contributed by atoms with Gasteiger partial charge in [0.15, 0.2) is 6.23 Å². The summed E-state index contributed by atoms with van der Waals surface area (Å²) in [6.07, 6.45) is -0.771. The molecule has 0 spiro atoms. The van der Waals surface area contributed by atoms with E-state index >= 15 is 0 Å². The third-order valence-electron chi connectivity index (χ3n) is 3.93. The molecule has 0 amide bonds. The molecular formula is C14H16N2O5. The normalized spacial score (nSPS) is 29.1. The largest absolute Gasteiger partial charge is 0.388 e. The van der Waals surface area contributed by atoms with Crippen LogP contribution in [0, 0.1) is 10.1 Å². The van der Waals surface area contributed by atoms with Crippen LogP contribution >= 0.6 is 0 Å². The predicted octanol–water partition coefficient (Wildman–Crippen LogP) is 1.58. The Hall–Kier alpha value is -1.96. The maximum atomic E-state index is 10.8. The topological polar surface area (TPSA) is 97.8 Å². The second-order valence-electron chi connectivity index (χ2n) is 5.18. The van der Waals surface area contributed by atoms with Gasteiger partial charge < -0.3 is 19.5 Å². The van der Waals surface area contributed by atoms with E-state index in [0.717, 1.165) is 0 Å². The van der Waals surface area contributed by atoms with Crippen molar-refractivity contribution in [3.8, 4) is 0 Å². The number of fused-ring (bicyclic) bond motifs is 1. The summed E-state index contributed by atoms with van der Waals surface area (Å²) < 4.78 is 7.39. The number of nitro groups is 1. The summed E-state index contributed by atoms with van der Waals surface area (Å²) in [6.45, 7) is 1.88. The number of nitro benzene ring substituents is 1. The molecule has 1 aromatic heterocycles. The number of non-ortho nitro benzene ring substituents is 1. The first-order chi connectivity index (χ1) is 10.0. The first-order valence-corrected chi connectivity index (χ1v) is 6.79. The van der Waals surface area contributed by atoms with Crippen LogP contribution < -0.4 is 0 Å². The van der Waals surface area contributed by atoms with Crippen LogP contribution in [0.1, 0.15) is 19.6 Å². The van der Waals surface area contributed by atoms with Crippen molar-refractivity contribution >= 4 is 16.6 Å². The molecule has 1 aliphatic heterocycles. The van der Waals surface area contributed by atoms with Gasteiger partial charge in [-0.15, -0.1) is 0 Å². The van der Waals surface area contributed by atoms with Crippen molar-refractivity contribution in [1.82, 2.24) is 4.57 Å². The molecule has 4 atom stereocenters. The number of ether oxygens (including phenoxy) is 1. The van der Waals surface area contributed by atoms with Gasteiger partial charge in [0.25, 0.3) is 5.69 Å². The van der Waals surface area contributed by atoms with Gasteiger partial charge in [0.1, 0.15) is 12.2 Å².